The van der Waals surface area contributed by atoms with Gasteiger partial charge in [-0.15, -0.1) is 0 Å². The van der Waals surface area contributed by atoms with Gasteiger partial charge < -0.3 is 16.0 Å². The van der Waals surface area contributed by atoms with Crippen LogP contribution in [0.1, 0.15) is 39.2 Å². The molecule has 5 heteroatoms. The first-order chi connectivity index (χ1) is 9.97. The maximum absolute atomic E-state index is 11.8. The molecule has 5 nitrogen and oxygen atoms in total. The molecular weight excluding hydrogens is 266 g/mol. The summed E-state index contributed by atoms with van der Waals surface area (Å²) < 4.78 is 0. The third kappa shape index (κ3) is 5.45. The van der Waals surface area contributed by atoms with E-state index in [1.165, 1.54) is 0 Å². The minimum atomic E-state index is -0.0354. The highest BCUT2D eigenvalue weighted by Gasteiger charge is 2.09. The second-order valence-electron chi connectivity index (χ2n) is 5.11. The first-order valence-electron chi connectivity index (χ1n) is 7.40. The van der Waals surface area contributed by atoms with Gasteiger partial charge in [-0.25, -0.2) is 0 Å². The topological polar surface area (TPSA) is 70.2 Å². The van der Waals surface area contributed by atoms with Gasteiger partial charge in [0.25, 0.3) is 0 Å². The average Bonchev–Trinajstić information content (AvgIpc) is 2.47. The van der Waals surface area contributed by atoms with Crippen molar-refractivity contribution < 1.29 is 9.59 Å². The summed E-state index contributed by atoms with van der Waals surface area (Å²) in [7, 11) is 0. The Morgan fingerprint density at radius 1 is 1.14 bits per heavy atom. The summed E-state index contributed by atoms with van der Waals surface area (Å²) in [5.41, 5.74) is 2.55. The van der Waals surface area contributed by atoms with Crippen LogP contribution < -0.4 is 16.0 Å². The number of benzene rings is 1. The van der Waals surface area contributed by atoms with Crippen molar-refractivity contribution in [3.05, 3.63) is 23.8 Å². The normalized spacial score (nSPS) is 11.6. The van der Waals surface area contributed by atoms with Crippen LogP contribution in [0.25, 0.3) is 0 Å². The molecule has 0 aliphatic carbocycles. The van der Waals surface area contributed by atoms with E-state index in [9.17, 15) is 9.59 Å². The minimum Gasteiger partial charge on any atom is -0.376 e. The summed E-state index contributed by atoms with van der Waals surface area (Å²) in [4.78, 5) is 23.2. The molecule has 0 radical (unpaired) electrons. The third-order valence-corrected chi connectivity index (χ3v) is 3.39. The molecule has 116 valence electrons. The maximum Gasteiger partial charge on any atom is 0.239 e. The zero-order valence-electron chi connectivity index (χ0n) is 13.2. The summed E-state index contributed by atoms with van der Waals surface area (Å²) in [6, 6.07) is 5.78. The van der Waals surface area contributed by atoms with Gasteiger partial charge in [0.2, 0.25) is 11.8 Å². The molecule has 3 N–H and O–H groups in total. The van der Waals surface area contributed by atoms with Gasteiger partial charge in [-0.05, 0) is 38.0 Å². The second kappa shape index (κ2) is 8.29. The van der Waals surface area contributed by atoms with Gasteiger partial charge in [-0.2, -0.15) is 0 Å². The molecule has 0 aliphatic heterocycles. The Morgan fingerprint density at radius 3 is 2.43 bits per heavy atom. The van der Waals surface area contributed by atoms with E-state index in [1.807, 2.05) is 45.9 Å². The van der Waals surface area contributed by atoms with Crippen molar-refractivity contribution in [2.24, 2.45) is 0 Å². The Hall–Kier alpha value is -2.04. The Bertz CT molecular complexity index is 500. The van der Waals surface area contributed by atoms with Gasteiger partial charge in [0.15, 0.2) is 0 Å². The number of nitrogens with one attached hydrogen (secondary N) is 3. The van der Waals surface area contributed by atoms with Crippen LogP contribution in [0.4, 0.5) is 11.4 Å². The van der Waals surface area contributed by atoms with E-state index in [4.69, 9.17) is 0 Å². The largest absolute Gasteiger partial charge is 0.376 e. The number of hydrogen-bond donors (Lipinski definition) is 3. The van der Waals surface area contributed by atoms with Gasteiger partial charge in [-0.1, -0.05) is 19.9 Å². The summed E-state index contributed by atoms with van der Waals surface area (Å²) in [6.07, 6.45) is 1.34. The van der Waals surface area contributed by atoms with E-state index in [0.29, 0.717) is 6.42 Å². The predicted molar refractivity (Wildman–Crippen MR) is 86.5 cm³/mol. The lowest BCUT2D eigenvalue weighted by molar-refractivity contribution is -0.120. The monoisotopic (exact) mass is 291 g/mol. The van der Waals surface area contributed by atoms with Crippen molar-refractivity contribution in [2.45, 2.75) is 46.6 Å². The molecule has 0 saturated carbocycles. The highest BCUT2D eigenvalue weighted by atomic mass is 16.2. The first kappa shape index (κ1) is 17.0. The summed E-state index contributed by atoms with van der Waals surface area (Å²) in [5, 5.41) is 8.86. The lowest BCUT2D eigenvalue weighted by atomic mass is 10.1. The Morgan fingerprint density at radius 2 is 1.81 bits per heavy atom. The molecule has 2 amide bonds. The standard InChI is InChI=1S/C16H25N3O2/c1-5-11(3)18-16(21)10-17-13-8-7-9-14(12(13)4)19-15(20)6-2/h7-9,11,17H,5-6,10H2,1-4H3,(H,18,21)(H,19,20). The molecule has 0 saturated heterocycles. The van der Waals surface area contributed by atoms with E-state index in [2.05, 4.69) is 16.0 Å². The van der Waals surface area contributed by atoms with Gasteiger partial charge in [0.05, 0.1) is 6.54 Å². The molecule has 0 aromatic heterocycles. The highest BCUT2D eigenvalue weighted by molar-refractivity contribution is 5.92. The summed E-state index contributed by atoms with van der Waals surface area (Å²) >= 11 is 0. The van der Waals surface area contributed by atoms with E-state index < -0.39 is 0 Å². The number of anilines is 2. The fourth-order valence-corrected chi connectivity index (χ4v) is 1.80. The van der Waals surface area contributed by atoms with Crippen molar-refractivity contribution in [2.75, 3.05) is 17.2 Å². The number of carbonyl (C=O) groups is 2. The number of hydrogen-bond acceptors (Lipinski definition) is 3. The van der Waals surface area contributed by atoms with Crippen molar-refractivity contribution in [1.82, 2.24) is 5.32 Å². The van der Waals surface area contributed by atoms with Gasteiger partial charge >= 0.3 is 0 Å². The molecule has 1 unspecified atom stereocenters. The lowest BCUT2D eigenvalue weighted by Gasteiger charge is -2.15. The molecule has 1 rings (SSSR count). The van der Waals surface area contributed by atoms with E-state index >= 15 is 0 Å². The third-order valence-electron chi connectivity index (χ3n) is 3.39. The smallest absolute Gasteiger partial charge is 0.239 e. The molecule has 0 spiro atoms. The first-order valence-corrected chi connectivity index (χ1v) is 7.40. The van der Waals surface area contributed by atoms with E-state index in [0.717, 1.165) is 23.4 Å². The number of amides is 2. The van der Waals surface area contributed by atoms with Gasteiger partial charge in [0.1, 0.15) is 0 Å². The van der Waals surface area contributed by atoms with Crippen LogP contribution in [0, 0.1) is 6.92 Å². The van der Waals surface area contributed by atoms with E-state index in [1.54, 1.807) is 0 Å². The van der Waals surface area contributed by atoms with Crippen LogP contribution in [0.2, 0.25) is 0 Å². The number of carbonyl (C=O) groups excluding carboxylic acids is 2. The molecule has 0 fully saturated rings. The molecule has 1 aromatic carbocycles. The Balaban J connectivity index is 2.65. The van der Waals surface area contributed by atoms with Crippen molar-refractivity contribution in [3.63, 3.8) is 0 Å². The van der Waals surface area contributed by atoms with Crippen LogP contribution in [-0.2, 0) is 9.59 Å². The van der Waals surface area contributed by atoms with Crippen LogP contribution in [0.3, 0.4) is 0 Å². The van der Waals surface area contributed by atoms with Crippen LogP contribution in [0.5, 0.6) is 0 Å². The summed E-state index contributed by atoms with van der Waals surface area (Å²) in [5.74, 6) is -0.0588. The summed E-state index contributed by atoms with van der Waals surface area (Å²) in [6.45, 7) is 7.95. The van der Waals surface area contributed by atoms with Crippen LogP contribution in [0.15, 0.2) is 18.2 Å². The number of rotatable bonds is 7. The van der Waals surface area contributed by atoms with Crippen molar-refractivity contribution >= 4 is 23.2 Å². The average molecular weight is 291 g/mol. The predicted octanol–water partition coefficient (Wildman–Crippen LogP) is 2.67. The Labute approximate surface area is 126 Å². The zero-order chi connectivity index (χ0) is 15.8. The molecule has 21 heavy (non-hydrogen) atoms. The van der Waals surface area contributed by atoms with Crippen LogP contribution >= 0.6 is 0 Å². The van der Waals surface area contributed by atoms with Crippen molar-refractivity contribution in [3.8, 4) is 0 Å². The minimum absolute atomic E-state index is 0.0234. The Kier molecular flexibility index (Phi) is 6.72. The van der Waals surface area contributed by atoms with E-state index in [-0.39, 0.29) is 24.4 Å². The zero-order valence-corrected chi connectivity index (χ0v) is 13.2. The SMILES string of the molecule is CCC(=O)Nc1cccc(NCC(=O)NC(C)CC)c1C. The van der Waals surface area contributed by atoms with Crippen LogP contribution in [-0.4, -0.2) is 24.4 Å². The molecular formula is C16H25N3O2. The second-order valence-corrected chi connectivity index (χ2v) is 5.11. The van der Waals surface area contributed by atoms with Gasteiger partial charge in [-0.3, -0.25) is 9.59 Å². The molecule has 1 aromatic rings. The maximum atomic E-state index is 11.8. The lowest BCUT2D eigenvalue weighted by Crippen LogP contribution is -2.36. The fourth-order valence-electron chi connectivity index (χ4n) is 1.80. The fraction of sp³-hybridized carbons (Fsp3) is 0.500. The van der Waals surface area contributed by atoms with Gasteiger partial charge in [0, 0.05) is 23.8 Å². The highest BCUT2D eigenvalue weighted by Crippen LogP contribution is 2.23. The molecule has 0 aliphatic rings. The molecule has 0 heterocycles. The van der Waals surface area contributed by atoms with Crippen molar-refractivity contribution in [1.29, 1.82) is 0 Å². The quantitative estimate of drug-likeness (QED) is 0.723. The molecule has 1 atom stereocenters. The molecule has 0 bridgehead atoms.